The van der Waals surface area contributed by atoms with E-state index in [9.17, 15) is 14.6 Å². The molecule has 0 spiro atoms. The normalized spacial score (nSPS) is 39.9. The molecule has 2 aliphatic carbocycles. The van der Waals surface area contributed by atoms with E-state index in [0.717, 1.165) is 25.7 Å². The molecule has 124 valence electrons. The molecule has 2 rings (SSSR count). The summed E-state index contributed by atoms with van der Waals surface area (Å²) >= 11 is 0. The zero-order valence-electron chi connectivity index (χ0n) is 14.1. The third kappa shape index (κ3) is 3.79. The van der Waals surface area contributed by atoms with Gasteiger partial charge in [-0.3, -0.25) is 0 Å². The van der Waals surface area contributed by atoms with Crippen LogP contribution in [0.3, 0.4) is 0 Å². The number of hydrogen-bond donors (Lipinski definition) is 2. The fraction of sp³-hybridized carbons (Fsp3) is 1.00. The van der Waals surface area contributed by atoms with E-state index in [-0.39, 0.29) is 17.9 Å². The van der Waals surface area contributed by atoms with Gasteiger partial charge in [-0.2, -0.15) is 0 Å². The van der Waals surface area contributed by atoms with Crippen molar-refractivity contribution < 1.29 is 14.6 Å². The fourth-order valence-corrected chi connectivity index (χ4v) is 5.32. The lowest BCUT2D eigenvalue weighted by Crippen LogP contribution is -2.41. The van der Waals surface area contributed by atoms with Crippen molar-refractivity contribution >= 4 is 0 Å². The van der Waals surface area contributed by atoms with Crippen molar-refractivity contribution in [2.24, 2.45) is 23.2 Å². The van der Waals surface area contributed by atoms with Crippen LogP contribution in [0.2, 0.25) is 0 Å². The first kappa shape index (κ1) is 17.2. The van der Waals surface area contributed by atoms with Gasteiger partial charge in [0.25, 0.3) is 0 Å². The molecule has 6 atom stereocenters. The molecule has 0 aromatic carbocycles. The Labute approximate surface area is 129 Å². The van der Waals surface area contributed by atoms with Crippen LogP contribution in [-0.4, -0.2) is 28.1 Å². The minimum atomic E-state index is -0.934. The summed E-state index contributed by atoms with van der Waals surface area (Å²) in [6.07, 6.45) is 5.08. The predicted octanol–water partition coefficient (Wildman–Crippen LogP) is 4.09. The third-order valence-electron chi connectivity index (χ3n) is 6.20. The van der Waals surface area contributed by atoms with E-state index in [4.69, 9.17) is 0 Å². The molecule has 2 fully saturated rings. The van der Waals surface area contributed by atoms with Crippen LogP contribution in [-0.2, 0) is 0 Å². The van der Waals surface area contributed by atoms with Crippen LogP contribution in [0.15, 0.2) is 0 Å². The molecule has 2 aliphatic rings. The van der Waals surface area contributed by atoms with Gasteiger partial charge in [0, 0.05) is 6.42 Å². The molecule has 21 heavy (non-hydrogen) atoms. The second kappa shape index (κ2) is 6.16. The zero-order chi connectivity index (χ0) is 15.8. The molecule has 2 saturated carbocycles. The second-order valence-electron chi connectivity index (χ2n) is 8.58. The van der Waals surface area contributed by atoms with Crippen LogP contribution in [0.5, 0.6) is 0 Å². The van der Waals surface area contributed by atoms with E-state index in [2.05, 4.69) is 13.8 Å². The predicted molar refractivity (Wildman–Crippen MR) is 83.8 cm³/mol. The van der Waals surface area contributed by atoms with Gasteiger partial charge in [0.1, 0.15) is 6.17 Å². The van der Waals surface area contributed by atoms with Gasteiger partial charge in [-0.25, -0.2) is 4.39 Å². The highest BCUT2D eigenvalue weighted by molar-refractivity contribution is 5.01. The molecule has 2 nitrogen and oxygen atoms in total. The third-order valence-corrected chi connectivity index (χ3v) is 6.20. The van der Waals surface area contributed by atoms with Crippen LogP contribution in [0.25, 0.3) is 0 Å². The van der Waals surface area contributed by atoms with Gasteiger partial charge in [0.15, 0.2) is 0 Å². The minimum Gasteiger partial charge on any atom is -0.393 e. The Balaban J connectivity index is 1.98. The van der Waals surface area contributed by atoms with Crippen LogP contribution in [0, 0.1) is 23.2 Å². The van der Waals surface area contributed by atoms with E-state index >= 15 is 0 Å². The average molecular weight is 300 g/mol. The highest BCUT2D eigenvalue weighted by Crippen LogP contribution is 2.58. The van der Waals surface area contributed by atoms with Crippen molar-refractivity contribution in [3.8, 4) is 0 Å². The number of halogens is 1. The van der Waals surface area contributed by atoms with E-state index in [1.807, 2.05) is 0 Å². The van der Waals surface area contributed by atoms with Crippen LogP contribution in [0.1, 0.15) is 72.6 Å². The second-order valence-corrected chi connectivity index (χ2v) is 8.58. The largest absolute Gasteiger partial charge is 0.393 e. The molecule has 0 unspecified atom stereocenters. The Kier molecular flexibility index (Phi) is 5.04. The van der Waals surface area contributed by atoms with Gasteiger partial charge in [-0.1, -0.05) is 20.3 Å². The Morgan fingerprint density at radius 2 is 1.95 bits per heavy atom. The van der Waals surface area contributed by atoms with Crippen molar-refractivity contribution in [2.75, 3.05) is 0 Å². The topological polar surface area (TPSA) is 40.5 Å². The number of aliphatic hydroxyl groups is 2. The van der Waals surface area contributed by atoms with Crippen LogP contribution < -0.4 is 0 Å². The number of aliphatic hydroxyl groups excluding tert-OH is 1. The molecule has 0 aliphatic heterocycles. The number of hydrogen-bond acceptors (Lipinski definition) is 2. The highest BCUT2D eigenvalue weighted by atomic mass is 19.1. The number of fused-ring (bicyclic) bond motifs is 1. The average Bonchev–Trinajstić information content (AvgIpc) is 2.64. The highest BCUT2D eigenvalue weighted by Gasteiger charge is 2.52. The van der Waals surface area contributed by atoms with Gasteiger partial charge < -0.3 is 10.2 Å². The first-order valence-corrected chi connectivity index (χ1v) is 8.68. The zero-order valence-corrected chi connectivity index (χ0v) is 14.1. The maximum absolute atomic E-state index is 14.2. The SMILES string of the molecule is C[C@H](C[C@H](F)CC(C)(C)O)[C@H]1CC[C@H]2[C@@H](O)CCC[C@]12C. The van der Waals surface area contributed by atoms with E-state index < -0.39 is 11.8 Å². The Morgan fingerprint density at radius 3 is 2.57 bits per heavy atom. The number of rotatable bonds is 5. The monoisotopic (exact) mass is 300 g/mol. The molecule has 2 N–H and O–H groups in total. The summed E-state index contributed by atoms with van der Waals surface area (Å²) in [5.41, 5.74) is -0.742. The summed E-state index contributed by atoms with van der Waals surface area (Å²) in [7, 11) is 0. The van der Waals surface area contributed by atoms with E-state index in [1.54, 1.807) is 13.8 Å². The molecule has 0 aromatic rings. The summed E-state index contributed by atoms with van der Waals surface area (Å²) in [5, 5.41) is 20.0. The summed E-state index contributed by atoms with van der Waals surface area (Å²) < 4.78 is 14.2. The maximum Gasteiger partial charge on any atom is 0.103 e. The molecule has 0 heterocycles. The summed E-state index contributed by atoms with van der Waals surface area (Å²) in [4.78, 5) is 0. The van der Waals surface area contributed by atoms with Crippen molar-refractivity contribution in [3.63, 3.8) is 0 Å². The summed E-state index contributed by atoms with van der Waals surface area (Å²) in [5.74, 6) is 1.24. The molecule has 0 bridgehead atoms. The van der Waals surface area contributed by atoms with E-state index in [0.29, 0.717) is 24.2 Å². The lowest BCUT2D eigenvalue weighted by molar-refractivity contribution is -0.0314. The first-order valence-electron chi connectivity index (χ1n) is 8.68. The van der Waals surface area contributed by atoms with Gasteiger partial charge in [-0.15, -0.1) is 0 Å². The van der Waals surface area contributed by atoms with Crippen molar-refractivity contribution in [3.05, 3.63) is 0 Å². The Morgan fingerprint density at radius 1 is 1.29 bits per heavy atom. The Hall–Kier alpha value is -0.150. The van der Waals surface area contributed by atoms with Gasteiger partial charge in [0.05, 0.1) is 11.7 Å². The maximum atomic E-state index is 14.2. The lowest BCUT2D eigenvalue weighted by Gasteiger charge is -2.45. The molecular formula is C18H33FO2. The van der Waals surface area contributed by atoms with Gasteiger partial charge >= 0.3 is 0 Å². The molecule has 0 amide bonds. The summed E-state index contributed by atoms with van der Waals surface area (Å²) in [6, 6.07) is 0. The molecule has 3 heteroatoms. The standard InChI is InChI=1S/C18H33FO2/c1-12(10-13(19)11-17(2,3)21)14-7-8-15-16(20)6-5-9-18(14,15)4/h12-16,20-21H,5-11H2,1-4H3/t12-,13+,14-,15+,16+,18-/m1/s1. The molecule has 0 saturated heterocycles. The van der Waals surface area contributed by atoms with Crippen molar-refractivity contribution in [1.82, 2.24) is 0 Å². The van der Waals surface area contributed by atoms with Gasteiger partial charge in [-0.05, 0) is 69.1 Å². The van der Waals surface area contributed by atoms with Crippen molar-refractivity contribution in [2.45, 2.75) is 90.5 Å². The van der Waals surface area contributed by atoms with Gasteiger partial charge in [0.2, 0.25) is 0 Å². The molecular weight excluding hydrogens is 267 g/mol. The van der Waals surface area contributed by atoms with E-state index in [1.165, 1.54) is 6.42 Å². The molecule has 0 aromatic heterocycles. The van der Waals surface area contributed by atoms with Crippen LogP contribution >= 0.6 is 0 Å². The Bertz CT molecular complexity index is 352. The fourth-order valence-electron chi connectivity index (χ4n) is 5.32. The van der Waals surface area contributed by atoms with Crippen LogP contribution in [0.4, 0.5) is 4.39 Å². The molecule has 0 radical (unpaired) electrons. The van der Waals surface area contributed by atoms with Crippen molar-refractivity contribution in [1.29, 1.82) is 0 Å². The smallest absolute Gasteiger partial charge is 0.103 e. The number of alkyl halides is 1. The minimum absolute atomic E-state index is 0.154. The first-order chi connectivity index (χ1) is 9.63. The summed E-state index contributed by atoms with van der Waals surface area (Å²) in [6.45, 7) is 7.83. The lowest BCUT2D eigenvalue weighted by atomic mass is 9.61. The quantitative estimate of drug-likeness (QED) is 0.803.